The van der Waals surface area contributed by atoms with Crippen LogP contribution >= 0.6 is 0 Å². The van der Waals surface area contributed by atoms with Crippen LogP contribution in [0, 0.1) is 0 Å². The average molecular weight is 277 g/mol. The topological polar surface area (TPSA) is 42.7 Å². The van der Waals surface area contributed by atoms with Gasteiger partial charge >= 0.3 is 0 Å². The maximum atomic E-state index is 12.7. The Kier molecular flexibility index (Phi) is 4.41. The van der Waals surface area contributed by atoms with Crippen molar-refractivity contribution in [3.8, 4) is 0 Å². The lowest BCUT2D eigenvalue weighted by molar-refractivity contribution is -0.144. The third kappa shape index (κ3) is 3.06. The molecule has 110 valence electrons. The number of carbonyl (C=O) groups excluding carboxylic acids is 1. The molecule has 1 aromatic heterocycles. The molecule has 0 N–H and O–H groups in total. The molecular formula is C16H23NO3. The third-order valence-electron chi connectivity index (χ3n) is 4.44. The minimum absolute atomic E-state index is 0.176. The summed E-state index contributed by atoms with van der Waals surface area (Å²) in [7, 11) is 0. The predicted octanol–water partition coefficient (Wildman–Crippen LogP) is 3.12. The maximum Gasteiger partial charge on any atom is 0.252 e. The number of rotatable bonds is 4. The summed E-state index contributed by atoms with van der Waals surface area (Å²) < 4.78 is 10.7. The largest absolute Gasteiger partial charge is 0.472 e. The van der Waals surface area contributed by atoms with E-state index < -0.39 is 0 Å². The molecule has 1 aliphatic heterocycles. The van der Waals surface area contributed by atoms with Gasteiger partial charge in [0, 0.05) is 24.8 Å². The quantitative estimate of drug-likeness (QED) is 0.849. The molecule has 0 spiro atoms. The third-order valence-corrected chi connectivity index (χ3v) is 4.44. The highest BCUT2D eigenvalue weighted by Gasteiger charge is 2.33. The summed E-state index contributed by atoms with van der Waals surface area (Å²) in [5.74, 6) is 0.176. The predicted molar refractivity (Wildman–Crippen MR) is 75.1 cm³/mol. The average Bonchev–Trinajstić information content (AvgIpc) is 3.18. The van der Waals surface area contributed by atoms with Crippen LogP contribution < -0.4 is 0 Å². The Balaban J connectivity index is 1.72. The number of furan rings is 1. The molecule has 0 unspecified atom stereocenters. The second-order valence-electron chi connectivity index (χ2n) is 5.89. The molecule has 0 aromatic carbocycles. The highest BCUT2D eigenvalue weighted by molar-refractivity contribution is 5.81. The molecule has 4 heteroatoms. The first-order valence-corrected chi connectivity index (χ1v) is 7.78. The Morgan fingerprint density at radius 3 is 2.70 bits per heavy atom. The van der Waals surface area contributed by atoms with Crippen molar-refractivity contribution in [2.45, 2.75) is 63.6 Å². The van der Waals surface area contributed by atoms with Crippen molar-refractivity contribution in [2.75, 3.05) is 6.61 Å². The van der Waals surface area contributed by atoms with Gasteiger partial charge in [0.2, 0.25) is 0 Å². The van der Waals surface area contributed by atoms with Crippen LogP contribution in [-0.4, -0.2) is 29.6 Å². The molecule has 1 aromatic rings. The summed E-state index contributed by atoms with van der Waals surface area (Å²) in [4.78, 5) is 14.8. The van der Waals surface area contributed by atoms with Gasteiger partial charge < -0.3 is 14.1 Å². The monoisotopic (exact) mass is 277 g/mol. The minimum Gasteiger partial charge on any atom is -0.472 e. The zero-order valence-corrected chi connectivity index (χ0v) is 11.9. The van der Waals surface area contributed by atoms with Gasteiger partial charge in [-0.05, 0) is 31.7 Å². The molecular weight excluding hydrogens is 254 g/mol. The van der Waals surface area contributed by atoms with Crippen molar-refractivity contribution in [1.82, 2.24) is 4.90 Å². The first kappa shape index (κ1) is 13.7. The lowest BCUT2D eigenvalue weighted by Crippen LogP contribution is -2.45. The summed E-state index contributed by atoms with van der Waals surface area (Å²) in [5, 5.41) is 0. The highest BCUT2D eigenvalue weighted by atomic mass is 16.5. The Morgan fingerprint density at radius 1 is 1.20 bits per heavy atom. The van der Waals surface area contributed by atoms with E-state index in [1.54, 1.807) is 12.5 Å². The molecule has 1 saturated heterocycles. The van der Waals surface area contributed by atoms with Crippen molar-refractivity contribution >= 4 is 5.91 Å². The van der Waals surface area contributed by atoms with Gasteiger partial charge in [-0.3, -0.25) is 4.79 Å². The second kappa shape index (κ2) is 6.44. The van der Waals surface area contributed by atoms with Gasteiger partial charge in [-0.1, -0.05) is 19.3 Å². The summed E-state index contributed by atoms with van der Waals surface area (Å²) in [6.07, 6.45) is 11.1. The van der Waals surface area contributed by atoms with Crippen LogP contribution in [0.5, 0.6) is 0 Å². The van der Waals surface area contributed by atoms with Crippen LogP contribution in [0.2, 0.25) is 0 Å². The first-order valence-electron chi connectivity index (χ1n) is 7.78. The van der Waals surface area contributed by atoms with Crippen molar-refractivity contribution in [1.29, 1.82) is 0 Å². The number of carbonyl (C=O) groups is 1. The molecule has 20 heavy (non-hydrogen) atoms. The van der Waals surface area contributed by atoms with Gasteiger partial charge in [-0.15, -0.1) is 0 Å². The van der Waals surface area contributed by atoms with Crippen LogP contribution in [0.1, 0.15) is 50.5 Å². The van der Waals surface area contributed by atoms with Crippen molar-refractivity contribution in [3.63, 3.8) is 0 Å². The summed E-state index contributed by atoms with van der Waals surface area (Å²) in [6, 6.07) is 2.31. The standard InChI is InChI=1S/C16H23NO3/c18-16(15-7-4-9-20-15)17(11-13-8-10-19-12-13)14-5-2-1-3-6-14/h8,10,12,14-15H,1-7,9,11H2/t15-/m1/s1. The molecule has 2 fully saturated rings. The van der Waals surface area contributed by atoms with Crippen LogP contribution in [0.15, 0.2) is 23.0 Å². The second-order valence-corrected chi connectivity index (χ2v) is 5.89. The van der Waals surface area contributed by atoms with E-state index in [0.717, 1.165) is 37.9 Å². The minimum atomic E-state index is -0.219. The Morgan fingerprint density at radius 2 is 2.05 bits per heavy atom. The lowest BCUT2D eigenvalue weighted by atomic mass is 9.93. The van der Waals surface area contributed by atoms with Crippen molar-refractivity contribution < 1.29 is 13.9 Å². The molecule has 1 amide bonds. The molecule has 2 aliphatic rings. The normalized spacial score (nSPS) is 23.9. The smallest absolute Gasteiger partial charge is 0.252 e. The SMILES string of the molecule is O=C([C@H]1CCCO1)N(Cc1ccoc1)C1CCCCC1. The highest BCUT2D eigenvalue weighted by Crippen LogP contribution is 2.26. The van der Waals surface area contributed by atoms with Crippen LogP contribution in [0.4, 0.5) is 0 Å². The molecule has 2 heterocycles. The number of hydrogen-bond acceptors (Lipinski definition) is 3. The van der Waals surface area contributed by atoms with Crippen molar-refractivity contribution in [2.24, 2.45) is 0 Å². The maximum absolute atomic E-state index is 12.7. The van der Waals surface area contributed by atoms with E-state index >= 15 is 0 Å². The summed E-state index contributed by atoms with van der Waals surface area (Å²) in [6.45, 7) is 1.38. The Hall–Kier alpha value is -1.29. The Labute approximate surface area is 120 Å². The lowest BCUT2D eigenvalue weighted by Gasteiger charge is -2.35. The zero-order valence-electron chi connectivity index (χ0n) is 11.9. The number of hydrogen-bond donors (Lipinski definition) is 0. The van der Waals surface area contributed by atoms with Crippen molar-refractivity contribution in [3.05, 3.63) is 24.2 Å². The molecule has 1 aliphatic carbocycles. The molecule has 3 rings (SSSR count). The van der Waals surface area contributed by atoms with Crippen LogP contribution in [0.25, 0.3) is 0 Å². The summed E-state index contributed by atoms with van der Waals surface area (Å²) >= 11 is 0. The van der Waals surface area contributed by atoms with Gasteiger partial charge in [0.1, 0.15) is 6.10 Å². The molecule has 1 saturated carbocycles. The fourth-order valence-electron chi connectivity index (χ4n) is 3.32. The van der Waals surface area contributed by atoms with Gasteiger partial charge in [0.25, 0.3) is 5.91 Å². The first-order chi connectivity index (χ1) is 9.84. The van der Waals surface area contributed by atoms with Gasteiger partial charge in [0.05, 0.1) is 12.5 Å². The fraction of sp³-hybridized carbons (Fsp3) is 0.688. The van der Waals surface area contributed by atoms with E-state index in [1.807, 2.05) is 11.0 Å². The van der Waals surface area contributed by atoms with E-state index in [9.17, 15) is 4.79 Å². The number of amides is 1. The van der Waals surface area contributed by atoms with E-state index in [0.29, 0.717) is 12.6 Å². The van der Waals surface area contributed by atoms with E-state index in [-0.39, 0.29) is 12.0 Å². The fourth-order valence-corrected chi connectivity index (χ4v) is 3.32. The molecule has 0 bridgehead atoms. The molecule has 4 nitrogen and oxygen atoms in total. The summed E-state index contributed by atoms with van der Waals surface area (Å²) in [5.41, 5.74) is 1.07. The van der Waals surface area contributed by atoms with E-state index in [2.05, 4.69) is 0 Å². The van der Waals surface area contributed by atoms with Crippen LogP contribution in [0.3, 0.4) is 0 Å². The van der Waals surface area contributed by atoms with E-state index in [4.69, 9.17) is 9.15 Å². The van der Waals surface area contributed by atoms with Gasteiger partial charge in [-0.25, -0.2) is 0 Å². The van der Waals surface area contributed by atoms with Crippen LogP contribution in [-0.2, 0) is 16.1 Å². The van der Waals surface area contributed by atoms with E-state index in [1.165, 1.54) is 19.3 Å². The molecule has 1 atom stereocenters. The van der Waals surface area contributed by atoms with Gasteiger partial charge in [-0.2, -0.15) is 0 Å². The number of ether oxygens (including phenoxy) is 1. The Bertz CT molecular complexity index is 417. The number of nitrogens with zero attached hydrogens (tertiary/aromatic N) is 1. The van der Waals surface area contributed by atoms with Gasteiger partial charge in [0.15, 0.2) is 0 Å². The zero-order chi connectivity index (χ0) is 13.8. The molecule has 0 radical (unpaired) electrons.